The fourth-order valence-corrected chi connectivity index (χ4v) is 2.23. The van der Waals surface area contributed by atoms with E-state index in [0.717, 1.165) is 39.3 Å². The summed E-state index contributed by atoms with van der Waals surface area (Å²) < 4.78 is 0. The summed E-state index contributed by atoms with van der Waals surface area (Å²) in [4.78, 5) is 15.6. The molecule has 0 saturated carbocycles. The maximum Gasteiger partial charge on any atom is 0.219 e. The molecule has 1 fully saturated rings. The minimum absolute atomic E-state index is 0.218. The summed E-state index contributed by atoms with van der Waals surface area (Å²) in [5, 5.41) is 3.35. The molecule has 1 rings (SSSR count). The van der Waals surface area contributed by atoms with Gasteiger partial charge < -0.3 is 10.2 Å². The summed E-state index contributed by atoms with van der Waals surface area (Å²) in [6.45, 7) is 11.1. The normalized spacial score (nSPS) is 17.4. The van der Waals surface area contributed by atoms with Crippen molar-refractivity contribution in [3.05, 3.63) is 0 Å². The predicted molar refractivity (Wildman–Crippen MR) is 71.1 cm³/mol. The van der Waals surface area contributed by atoms with Gasteiger partial charge in [0.1, 0.15) is 0 Å². The molecule has 1 N–H and O–H groups in total. The van der Waals surface area contributed by atoms with Crippen molar-refractivity contribution in [1.29, 1.82) is 0 Å². The lowest BCUT2D eigenvalue weighted by Gasteiger charge is -2.34. The van der Waals surface area contributed by atoms with Crippen LogP contribution < -0.4 is 5.32 Å². The molecule has 4 heteroatoms. The Labute approximate surface area is 105 Å². The average molecular weight is 241 g/mol. The van der Waals surface area contributed by atoms with Gasteiger partial charge in [-0.2, -0.15) is 0 Å². The highest BCUT2D eigenvalue weighted by Crippen LogP contribution is 2.04. The number of hydrogen-bond acceptors (Lipinski definition) is 3. The first kappa shape index (κ1) is 14.5. The molecule has 0 unspecified atom stereocenters. The third-order valence-electron chi connectivity index (χ3n) is 3.40. The number of amides is 1. The van der Waals surface area contributed by atoms with Crippen molar-refractivity contribution in [2.24, 2.45) is 0 Å². The molecular weight excluding hydrogens is 214 g/mol. The van der Waals surface area contributed by atoms with Gasteiger partial charge in [0.2, 0.25) is 5.91 Å². The highest BCUT2D eigenvalue weighted by Gasteiger charge is 2.17. The number of carbonyl (C=O) groups is 1. The molecule has 0 bridgehead atoms. The quantitative estimate of drug-likeness (QED) is 0.674. The van der Waals surface area contributed by atoms with Gasteiger partial charge in [-0.1, -0.05) is 13.3 Å². The number of unbranched alkanes of at least 4 members (excludes halogenated alkanes) is 2. The van der Waals surface area contributed by atoms with Gasteiger partial charge in [0.05, 0.1) is 0 Å². The van der Waals surface area contributed by atoms with Crippen molar-refractivity contribution >= 4 is 5.91 Å². The molecule has 1 aliphatic rings. The second-order valence-corrected chi connectivity index (χ2v) is 4.76. The number of nitrogens with one attached hydrogen (secondary N) is 1. The third kappa shape index (κ3) is 6.03. The maximum absolute atomic E-state index is 11.2. The van der Waals surface area contributed by atoms with Crippen LogP contribution in [0.15, 0.2) is 0 Å². The Bertz CT molecular complexity index is 213. The van der Waals surface area contributed by atoms with Crippen molar-refractivity contribution in [2.45, 2.75) is 33.1 Å². The van der Waals surface area contributed by atoms with E-state index in [1.54, 1.807) is 6.92 Å². The summed E-state index contributed by atoms with van der Waals surface area (Å²) >= 11 is 0. The van der Waals surface area contributed by atoms with Crippen LogP contribution in [-0.4, -0.2) is 61.5 Å². The van der Waals surface area contributed by atoms with Crippen LogP contribution in [-0.2, 0) is 4.79 Å². The fraction of sp³-hybridized carbons (Fsp3) is 0.923. The van der Waals surface area contributed by atoms with E-state index in [1.165, 1.54) is 25.8 Å². The molecule has 100 valence electrons. The topological polar surface area (TPSA) is 35.6 Å². The zero-order valence-electron chi connectivity index (χ0n) is 11.4. The molecule has 0 aromatic heterocycles. The molecular formula is C13H27N3O. The Balaban J connectivity index is 1.97. The van der Waals surface area contributed by atoms with Crippen LogP contribution in [0.25, 0.3) is 0 Å². The number of carbonyl (C=O) groups excluding carboxylic acids is 1. The molecule has 1 amide bonds. The van der Waals surface area contributed by atoms with E-state index in [1.807, 2.05) is 4.90 Å². The molecule has 1 saturated heterocycles. The average Bonchev–Trinajstić information content (AvgIpc) is 2.34. The molecule has 0 atom stereocenters. The summed E-state index contributed by atoms with van der Waals surface area (Å²) in [6.07, 6.45) is 3.87. The van der Waals surface area contributed by atoms with Crippen LogP contribution in [0, 0.1) is 0 Å². The van der Waals surface area contributed by atoms with Gasteiger partial charge in [0, 0.05) is 33.1 Å². The van der Waals surface area contributed by atoms with E-state index >= 15 is 0 Å². The van der Waals surface area contributed by atoms with E-state index in [4.69, 9.17) is 0 Å². The van der Waals surface area contributed by atoms with Gasteiger partial charge in [0.15, 0.2) is 0 Å². The van der Waals surface area contributed by atoms with Gasteiger partial charge in [0.25, 0.3) is 0 Å². The lowest BCUT2D eigenvalue weighted by molar-refractivity contribution is -0.130. The minimum Gasteiger partial charge on any atom is -0.340 e. The Morgan fingerprint density at radius 3 is 2.41 bits per heavy atom. The summed E-state index contributed by atoms with van der Waals surface area (Å²) in [6, 6.07) is 0. The standard InChI is InChI=1S/C13H27N3O/c1-3-14-7-5-4-6-8-15-9-11-16(12-10-15)13(2)17/h14H,3-12H2,1-2H3. The highest BCUT2D eigenvalue weighted by atomic mass is 16.2. The molecule has 1 heterocycles. The van der Waals surface area contributed by atoms with Crippen molar-refractivity contribution in [3.8, 4) is 0 Å². The second-order valence-electron chi connectivity index (χ2n) is 4.76. The van der Waals surface area contributed by atoms with E-state index in [-0.39, 0.29) is 5.91 Å². The van der Waals surface area contributed by atoms with Gasteiger partial charge in [-0.15, -0.1) is 0 Å². The van der Waals surface area contributed by atoms with Crippen molar-refractivity contribution in [2.75, 3.05) is 45.8 Å². The lowest BCUT2D eigenvalue weighted by atomic mass is 10.2. The lowest BCUT2D eigenvalue weighted by Crippen LogP contribution is -2.48. The monoisotopic (exact) mass is 241 g/mol. The molecule has 17 heavy (non-hydrogen) atoms. The van der Waals surface area contributed by atoms with E-state index < -0.39 is 0 Å². The highest BCUT2D eigenvalue weighted by molar-refractivity contribution is 5.73. The minimum atomic E-state index is 0.218. The first-order valence-electron chi connectivity index (χ1n) is 6.92. The molecule has 0 aliphatic carbocycles. The summed E-state index contributed by atoms with van der Waals surface area (Å²) in [5.41, 5.74) is 0. The van der Waals surface area contributed by atoms with Crippen LogP contribution in [0.5, 0.6) is 0 Å². The van der Waals surface area contributed by atoms with E-state index in [0.29, 0.717) is 0 Å². The number of piperazine rings is 1. The van der Waals surface area contributed by atoms with Crippen LogP contribution in [0.1, 0.15) is 33.1 Å². The van der Waals surface area contributed by atoms with Crippen LogP contribution in [0.4, 0.5) is 0 Å². The first-order valence-corrected chi connectivity index (χ1v) is 6.92. The predicted octanol–water partition coefficient (Wildman–Crippen LogP) is 0.930. The van der Waals surface area contributed by atoms with Gasteiger partial charge in [-0.05, 0) is 32.5 Å². The summed E-state index contributed by atoms with van der Waals surface area (Å²) in [5.74, 6) is 0.218. The Hall–Kier alpha value is -0.610. The number of hydrogen-bond donors (Lipinski definition) is 1. The van der Waals surface area contributed by atoms with Gasteiger partial charge in [-0.3, -0.25) is 9.69 Å². The van der Waals surface area contributed by atoms with Crippen LogP contribution in [0.2, 0.25) is 0 Å². The van der Waals surface area contributed by atoms with Crippen LogP contribution in [0.3, 0.4) is 0 Å². The molecule has 0 spiro atoms. The summed E-state index contributed by atoms with van der Waals surface area (Å²) in [7, 11) is 0. The molecule has 0 aromatic rings. The fourth-order valence-electron chi connectivity index (χ4n) is 2.23. The molecule has 0 radical (unpaired) electrons. The number of rotatable bonds is 7. The second kappa shape index (κ2) is 8.48. The largest absolute Gasteiger partial charge is 0.340 e. The van der Waals surface area contributed by atoms with Crippen LogP contribution >= 0.6 is 0 Å². The smallest absolute Gasteiger partial charge is 0.219 e. The molecule has 4 nitrogen and oxygen atoms in total. The van der Waals surface area contributed by atoms with E-state index in [2.05, 4.69) is 17.1 Å². The first-order chi connectivity index (χ1) is 8.24. The maximum atomic E-state index is 11.2. The molecule has 0 aromatic carbocycles. The Kier molecular flexibility index (Phi) is 7.21. The van der Waals surface area contributed by atoms with E-state index in [9.17, 15) is 4.79 Å². The Morgan fingerprint density at radius 2 is 1.82 bits per heavy atom. The zero-order chi connectivity index (χ0) is 12.5. The van der Waals surface area contributed by atoms with Crippen molar-refractivity contribution in [3.63, 3.8) is 0 Å². The SMILES string of the molecule is CCNCCCCCN1CCN(C(C)=O)CC1. The van der Waals surface area contributed by atoms with Crippen molar-refractivity contribution in [1.82, 2.24) is 15.1 Å². The van der Waals surface area contributed by atoms with Gasteiger partial charge in [-0.25, -0.2) is 0 Å². The van der Waals surface area contributed by atoms with Crippen molar-refractivity contribution < 1.29 is 4.79 Å². The third-order valence-corrected chi connectivity index (χ3v) is 3.40. The molecule has 1 aliphatic heterocycles. The number of nitrogens with zero attached hydrogens (tertiary/aromatic N) is 2. The Morgan fingerprint density at radius 1 is 1.12 bits per heavy atom. The zero-order valence-corrected chi connectivity index (χ0v) is 11.4. The van der Waals surface area contributed by atoms with Gasteiger partial charge >= 0.3 is 0 Å².